The monoisotopic (exact) mass is 347 g/mol. The van der Waals surface area contributed by atoms with Gasteiger partial charge in [0.25, 0.3) is 0 Å². The quantitative estimate of drug-likeness (QED) is 0.496. The van der Waals surface area contributed by atoms with Gasteiger partial charge in [0.1, 0.15) is 0 Å². The van der Waals surface area contributed by atoms with Gasteiger partial charge >= 0.3 is 5.97 Å². The van der Waals surface area contributed by atoms with Crippen molar-refractivity contribution in [3.63, 3.8) is 0 Å². The van der Waals surface area contributed by atoms with Crippen molar-refractivity contribution in [1.29, 1.82) is 0 Å². The Labute approximate surface area is 153 Å². The first-order valence-corrected chi connectivity index (χ1v) is 8.52. The van der Waals surface area contributed by atoms with Crippen molar-refractivity contribution in [2.75, 3.05) is 6.61 Å². The summed E-state index contributed by atoms with van der Waals surface area (Å²) in [5.74, 6) is -0.682. The van der Waals surface area contributed by atoms with E-state index in [1.54, 1.807) is 24.3 Å². The van der Waals surface area contributed by atoms with E-state index in [-0.39, 0.29) is 12.4 Å². The van der Waals surface area contributed by atoms with E-state index in [4.69, 9.17) is 4.74 Å². The van der Waals surface area contributed by atoms with Crippen LogP contribution in [-0.4, -0.2) is 22.9 Å². The van der Waals surface area contributed by atoms with Crippen molar-refractivity contribution < 1.29 is 14.3 Å². The standard InChI is InChI=1S/C22H21NO3/c1-16-13-20(17(2)23(16)14-18-9-5-3-6-10-18)21(24)15-26-22(25)19-11-7-4-8-12-19/h3-13H,14-15H2,1-2H3. The minimum atomic E-state index is -0.489. The van der Waals surface area contributed by atoms with Crippen LogP contribution in [0.5, 0.6) is 0 Å². The Hall–Kier alpha value is -3.14. The van der Waals surface area contributed by atoms with Crippen LogP contribution in [0.15, 0.2) is 66.7 Å². The van der Waals surface area contributed by atoms with Crippen LogP contribution >= 0.6 is 0 Å². The highest BCUT2D eigenvalue weighted by Gasteiger charge is 2.18. The average molecular weight is 347 g/mol. The highest BCUT2D eigenvalue weighted by molar-refractivity contribution is 6.00. The molecule has 4 nitrogen and oxygen atoms in total. The first-order chi connectivity index (χ1) is 12.6. The lowest BCUT2D eigenvalue weighted by molar-refractivity contribution is 0.0474. The Bertz CT molecular complexity index is 911. The lowest BCUT2D eigenvalue weighted by Crippen LogP contribution is -2.15. The molecule has 2 aromatic carbocycles. The lowest BCUT2D eigenvalue weighted by atomic mass is 10.1. The van der Waals surface area contributed by atoms with E-state index < -0.39 is 5.97 Å². The van der Waals surface area contributed by atoms with Gasteiger partial charge in [0.2, 0.25) is 5.78 Å². The molecule has 132 valence electrons. The van der Waals surface area contributed by atoms with E-state index in [1.165, 1.54) is 5.56 Å². The first-order valence-electron chi connectivity index (χ1n) is 8.52. The molecule has 4 heteroatoms. The average Bonchev–Trinajstić information content (AvgIpc) is 2.95. The molecule has 26 heavy (non-hydrogen) atoms. The van der Waals surface area contributed by atoms with Crippen LogP contribution in [0.1, 0.15) is 37.7 Å². The second-order valence-corrected chi connectivity index (χ2v) is 6.22. The largest absolute Gasteiger partial charge is 0.454 e. The molecule has 0 N–H and O–H groups in total. The zero-order valence-corrected chi connectivity index (χ0v) is 14.9. The van der Waals surface area contributed by atoms with Crippen LogP contribution in [0.25, 0.3) is 0 Å². The number of ether oxygens (including phenoxy) is 1. The molecule has 0 aliphatic carbocycles. The fourth-order valence-electron chi connectivity index (χ4n) is 2.96. The number of ketones is 1. The molecule has 0 aliphatic rings. The van der Waals surface area contributed by atoms with Crippen molar-refractivity contribution in [2.45, 2.75) is 20.4 Å². The third-order valence-electron chi connectivity index (χ3n) is 4.40. The van der Waals surface area contributed by atoms with Gasteiger partial charge in [-0.3, -0.25) is 4.79 Å². The van der Waals surface area contributed by atoms with E-state index >= 15 is 0 Å². The molecule has 0 atom stereocenters. The maximum absolute atomic E-state index is 12.5. The zero-order valence-electron chi connectivity index (χ0n) is 14.9. The van der Waals surface area contributed by atoms with Crippen molar-refractivity contribution in [1.82, 2.24) is 4.57 Å². The molecule has 0 unspecified atom stereocenters. The molecule has 0 saturated carbocycles. The zero-order chi connectivity index (χ0) is 18.5. The van der Waals surface area contributed by atoms with Gasteiger partial charge in [-0.2, -0.15) is 0 Å². The summed E-state index contributed by atoms with van der Waals surface area (Å²) < 4.78 is 7.27. The lowest BCUT2D eigenvalue weighted by Gasteiger charge is -2.10. The number of nitrogens with zero attached hydrogens (tertiary/aromatic N) is 1. The van der Waals surface area contributed by atoms with Crippen LogP contribution in [0.2, 0.25) is 0 Å². The SMILES string of the molecule is Cc1cc(C(=O)COC(=O)c2ccccc2)c(C)n1Cc1ccccc1. The molecular formula is C22H21NO3. The topological polar surface area (TPSA) is 48.3 Å². The maximum atomic E-state index is 12.5. The second kappa shape index (κ2) is 7.83. The van der Waals surface area contributed by atoms with Crippen LogP contribution in [0, 0.1) is 13.8 Å². The number of rotatable bonds is 6. The fraction of sp³-hybridized carbons (Fsp3) is 0.182. The van der Waals surface area contributed by atoms with Crippen LogP contribution < -0.4 is 0 Å². The predicted molar refractivity (Wildman–Crippen MR) is 101 cm³/mol. The molecule has 0 fully saturated rings. The molecule has 0 saturated heterocycles. The van der Waals surface area contributed by atoms with Gasteiger partial charge in [-0.1, -0.05) is 48.5 Å². The van der Waals surface area contributed by atoms with E-state index in [1.807, 2.05) is 44.2 Å². The predicted octanol–water partition coefficient (Wildman–Crippen LogP) is 4.19. The Balaban J connectivity index is 1.70. The molecule has 3 aromatic rings. The molecule has 1 aromatic heterocycles. The number of hydrogen-bond acceptors (Lipinski definition) is 3. The third-order valence-corrected chi connectivity index (χ3v) is 4.40. The Morgan fingerprint density at radius 3 is 2.19 bits per heavy atom. The third kappa shape index (κ3) is 3.91. The van der Waals surface area contributed by atoms with Crippen LogP contribution in [0.3, 0.4) is 0 Å². The number of benzene rings is 2. The Morgan fingerprint density at radius 2 is 1.54 bits per heavy atom. The summed E-state index contributed by atoms with van der Waals surface area (Å²) in [4.78, 5) is 24.5. The van der Waals surface area contributed by atoms with Crippen molar-refractivity contribution >= 4 is 11.8 Å². The van der Waals surface area contributed by atoms with Crippen molar-refractivity contribution in [3.8, 4) is 0 Å². The van der Waals surface area contributed by atoms with Crippen molar-refractivity contribution in [2.24, 2.45) is 0 Å². The number of aromatic nitrogens is 1. The number of carbonyl (C=O) groups is 2. The Kier molecular flexibility index (Phi) is 5.32. The molecule has 3 rings (SSSR count). The number of aryl methyl sites for hydroxylation is 1. The van der Waals surface area contributed by atoms with E-state index in [2.05, 4.69) is 16.7 Å². The van der Waals surface area contributed by atoms with Gasteiger partial charge in [0.15, 0.2) is 6.61 Å². The number of esters is 1. The van der Waals surface area contributed by atoms with Gasteiger partial charge in [0, 0.05) is 23.5 Å². The smallest absolute Gasteiger partial charge is 0.338 e. The van der Waals surface area contributed by atoms with Crippen LogP contribution in [0.4, 0.5) is 0 Å². The van der Waals surface area contributed by atoms with Gasteiger partial charge in [-0.05, 0) is 37.6 Å². The first kappa shape index (κ1) is 17.7. The number of carbonyl (C=O) groups excluding carboxylic acids is 2. The molecule has 0 spiro atoms. The molecule has 1 heterocycles. The van der Waals surface area contributed by atoms with E-state index in [9.17, 15) is 9.59 Å². The maximum Gasteiger partial charge on any atom is 0.338 e. The minimum Gasteiger partial charge on any atom is -0.454 e. The molecule has 0 radical (unpaired) electrons. The molecule has 0 amide bonds. The summed E-state index contributed by atoms with van der Waals surface area (Å²) in [7, 11) is 0. The summed E-state index contributed by atoms with van der Waals surface area (Å²) in [5.41, 5.74) is 4.09. The summed E-state index contributed by atoms with van der Waals surface area (Å²) in [6.45, 7) is 4.34. The molecule has 0 aliphatic heterocycles. The van der Waals surface area contributed by atoms with Gasteiger partial charge in [-0.15, -0.1) is 0 Å². The Morgan fingerprint density at radius 1 is 0.923 bits per heavy atom. The van der Waals surface area contributed by atoms with Gasteiger partial charge < -0.3 is 9.30 Å². The van der Waals surface area contributed by atoms with Gasteiger partial charge in [-0.25, -0.2) is 4.79 Å². The highest BCUT2D eigenvalue weighted by Crippen LogP contribution is 2.18. The van der Waals surface area contributed by atoms with Gasteiger partial charge in [0.05, 0.1) is 5.56 Å². The summed E-state index contributed by atoms with van der Waals surface area (Å²) in [6, 6.07) is 20.6. The summed E-state index contributed by atoms with van der Waals surface area (Å²) >= 11 is 0. The second-order valence-electron chi connectivity index (χ2n) is 6.22. The molecular weight excluding hydrogens is 326 g/mol. The number of Topliss-reactive ketones (excluding diaryl/α,β-unsaturated/α-hetero) is 1. The summed E-state index contributed by atoms with van der Waals surface area (Å²) in [6.07, 6.45) is 0. The van der Waals surface area contributed by atoms with E-state index in [0.29, 0.717) is 17.7 Å². The minimum absolute atomic E-state index is 0.193. The number of hydrogen-bond donors (Lipinski definition) is 0. The van der Waals surface area contributed by atoms with Crippen molar-refractivity contribution in [3.05, 3.63) is 94.8 Å². The normalized spacial score (nSPS) is 10.5. The summed E-state index contributed by atoms with van der Waals surface area (Å²) in [5, 5.41) is 0. The molecule has 0 bridgehead atoms. The van der Waals surface area contributed by atoms with E-state index in [0.717, 1.165) is 11.4 Å². The highest BCUT2D eigenvalue weighted by atomic mass is 16.5. The fourth-order valence-corrected chi connectivity index (χ4v) is 2.96. The van der Waals surface area contributed by atoms with Crippen LogP contribution in [-0.2, 0) is 11.3 Å².